The Morgan fingerprint density at radius 3 is 2.70 bits per heavy atom. The molecular formula is C8H17NO. The summed E-state index contributed by atoms with van der Waals surface area (Å²) in [6, 6.07) is 0.431. The van der Waals surface area contributed by atoms with Gasteiger partial charge in [-0.2, -0.15) is 0 Å². The van der Waals surface area contributed by atoms with Crippen LogP contribution in [0.15, 0.2) is 0 Å². The third kappa shape index (κ3) is 2.27. The van der Waals surface area contributed by atoms with Gasteiger partial charge in [-0.25, -0.2) is 0 Å². The minimum atomic E-state index is 0.431. The van der Waals surface area contributed by atoms with Crippen LogP contribution in [0.3, 0.4) is 0 Å². The van der Waals surface area contributed by atoms with E-state index in [1.54, 1.807) is 7.11 Å². The Labute approximate surface area is 62.7 Å². The number of hydrogen-bond donors (Lipinski definition) is 1. The van der Waals surface area contributed by atoms with Crippen LogP contribution in [0.1, 0.15) is 32.1 Å². The van der Waals surface area contributed by atoms with E-state index in [1.165, 1.54) is 19.3 Å². The molecule has 0 heterocycles. The maximum Gasteiger partial charge on any atom is 0.0572 e. The highest BCUT2D eigenvalue weighted by Gasteiger charge is 2.14. The van der Waals surface area contributed by atoms with Crippen LogP contribution in [0.25, 0.3) is 0 Å². The molecule has 2 heteroatoms. The summed E-state index contributed by atoms with van der Waals surface area (Å²) in [6.07, 6.45) is 6.38. The van der Waals surface area contributed by atoms with Crippen molar-refractivity contribution in [3.8, 4) is 0 Å². The lowest BCUT2D eigenvalue weighted by Crippen LogP contribution is -2.18. The van der Waals surface area contributed by atoms with Gasteiger partial charge in [0.15, 0.2) is 0 Å². The maximum atomic E-state index is 5.80. The van der Waals surface area contributed by atoms with E-state index in [0.29, 0.717) is 12.1 Å². The van der Waals surface area contributed by atoms with Crippen molar-refractivity contribution in [1.29, 1.82) is 0 Å². The molecule has 60 valence electrons. The largest absolute Gasteiger partial charge is 0.381 e. The quantitative estimate of drug-likeness (QED) is 0.561. The molecule has 1 rings (SSSR count). The fourth-order valence-corrected chi connectivity index (χ4v) is 1.53. The van der Waals surface area contributed by atoms with Crippen molar-refractivity contribution >= 4 is 0 Å². The van der Waals surface area contributed by atoms with Crippen molar-refractivity contribution in [3.63, 3.8) is 0 Å². The van der Waals surface area contributed by atoms with Crippen molar-refractivity contribution in [1.82, 2.24) is 0 Å². The Kier molecular flexibility index (Phi) is 3.16. The van der Waals surface area contributed by atoms with E-state index in [4.69, 9.17) is 10.5 Å². The van der Waals surface area contributed by atoms with E-state index in [2.05, 4.69) is 0 Å². The Hall–Kier alpha value is -0.0800. The molecule has 2 nitrogen and oxygen atoms in total. The first-order valence-corrected chi connectivity index (χ1v) is 4.11. The molecule has 10 heavy (non-hydrogen) atoms. The number of ether oxygens (including phenoxy) is 1. The first-order chi connectivity index (χ1) is 4.83. The second kappa shape index (κ2) is 3.94. The van der Waals surface area contributed by atoms with Gasteiger partial charge in [-0.05, 0) is 32.1 Å². The third-order valence-electron chi connectivity index (χ3n) is 2.29. The molecule has 0 saturated heterocycles. The molecule has 0 amide bonds. The van der Waals surface area contributed by atoms with E-state index in [0.717, 1.165) is 12.8 Å². The smallest absolute Gasteiger partial charge is 0.0572 e. The molecular weight excluding hydrogens is 126 g/mol. The summed E-state index contributed by atoms with van der Waals surface area (Å²) in [5.41, 5.74) is 5.80. The minimum Gasteiger partial charge on any atom is -0.381 e. The Bertz CT molecular complexity index is 95.3. The summed E-state index contributed by atoms with van der Waals surface area (Å²) >= 11 is 0. The zero-order valence-electron chi connectivity index (χ0n) is 6.68. The van der Waals surface area contributed by atoms with Crippen LogP contribution in [0.4, 0.5) is 0 Å². The van der Waals surface area contributed by atoms with Crippen molar-refractivity contribution in [2.24, 2.45) is 5.73 Å². The Balaban J connectivity index is 2.26. The lowest BCUT2D eigenvalue weighted by atomic mass is 10.1. The zero-order valence-corrected chi connectivity index (χ0v) is 6.68. The molecule has 1 aliphatic carbocycles. The van der Waals surface area contributed by atoms with Gasteiger partial charge in [0.25, 0.3) is 0 Å². The van der Waals surface area contributed by atoms with Crippen LogP contribution in [0.2, 0.25) is 0 Å². The van der Waals surface area contributed by atoms with Gasteiger partial charge < -0.3 is 10.5 Å². The van der Waals surface area contributed by atoms with E-state index in [1.807, 2.05) is 0 Å². The molecule has 0 aliphatic heterocycles. The van der Waals surface area contributed by atoms with E-state index < -0.39 is 0 Å². The predicted octanol–water partition coefficient (Wildman–Crippen LogP) is 1.29. The van der Waals surface area contributed by atoms with Gasteiger partial charge in [0.1, 0.15) is 0 Å². The summed E-state index contributed by atoms with van der Waals surface area (Å²) in [5, 5.41) is 0. The van der Waals surface area contributed by atoms with Crippen molar-refractivity contribution in [3.05, 3.63) is 0 Å². The molecule has 1 aliphatic rings. The van der Waals surface area contributed by atoms with E-state index >= 15 is 0 Å². The average Bonchev–Trinajstić information content (AvgIpc) is 2.14. The first-order valence-electron chi connectivity index (χ1n) is 4.11. The van der Waals surface area contributed by atoms with E-state index in [-0.39, 0.29) is 0 Å². The topological polar surface area (TPSA) is 35.2 Å². The van der Waals surface area contributed by atoms with Gasteiger partial charge in [0, 0.05) is 13.2 Å². The van der Waals surface area contributed by atoms with Crippen LogP contribution in [-0.4, -0.2) is 19.3 Å². The van der Waals surface area contributed by atoms with Gasteiger partial charge >= 0.3 is 0 Å². The lowest BCUT2D eigenvalue weighted by molar-refractivity contribution is 0.0897. The van der Waals surface area contributed by atoms with E-state index in [9.17, 15) is 0 Å². The number of nitrogens with two attached hydrogens (primary N) is 1. The standard InChI is InChI=1S/C8H17NO/c1-10-8-4-2-3-7(9)5-6-8/h7-8H,2-6,9H2,1H3. The third-order valence-corrected chi connectivity index (χ3v) is 2.29. The highest BCUT2D eigenvalue weighted by Crippen LogP contribution is 2.18. The zero-order chi connectivity index (χ0) is 7.40. The van der Waals surface area contributed by atoms with Crippen LogP contribution in [-0.2, 0) is 4.74 Å². The molecule has 1 fully saturated rings. The molecule has 0 bridgehead atoms. The predicted molar refractivity (Wildman–Crippen MR) is 41.9 cm³/mol. The molecule has 0 aromatic rings. The Morgan fingerprint density at radius 2 is 2.00 bits per heavy atom. The van der Waals surface area contributed by atoms with Crippen LogP contribution >= 0.6 is 0 Å². The summed E-state index contributed by atoms with van der Waals surface area (Å²) in [7, 11) is 1.79. The van der Waals surface area contributed by atoms with Gasteiger partial charge in [-0.1, -0.05) is 0 Å². The maximum absolute atomic E-state index is 5.80. The molecule has 0 spiro atoms. The second-order valence-electron chi connectivity index (χ2n) is 3.13. The minimum absolute atomic E-state index is 0.431. The number of rotatable bonds is 1. The molecule has 2 unspecified atom stereocenters. The Morgan fingerprint density at radius 1 is 1.20 bits per heavy atom. The second-order valence-corrected chi connectivity index (χ2v) is 3.13. The molecule has 1 saturated carbocycles. The van der Waals surface area contributed by atoms with Crippen LogP contribution < -0.4 is 5.73 Å². The summed E-state index contributed by atoms with van der Waals surface area (Å²) in [4.78, 5) is 0. The molecule has 2 atom stereocenters. The molecule has 0 aromatic carbocycles. The van der Waals surface area contributed by atoms with Crippen LogP contribution in [0.5, 0.6) is 0 Å². The monoisotopic (exact) mass is 143 g/mol. The fraction of sp³-hybridized carbons (Fsp3) is 1.00. The lowest BCUT2D eigenvalue weighted by Gasteiger charge is -2.10. The average molecular weight is 143 g/mol. The summed E-state index contributed by atoms with van der Waals surface area (Å²) in [5.74, 6) is 0. The van der Waals surface area contributed by atoms with Gasteiger partial charge in [-0.3, -0.25) is 0 Å². The van der Waals surface area contributed by atoms with Crippen LogP contribution in [0, 0.1) is 0 Å². The SMILES string of the molecule is COC1CCCC(N)CC1. The number of hydrogen-bond acceptors (Lipinski definition) is 2. The molecule has 2 N–H and O–H groups in total. The normalized spacial score (nSPS) is 35.4. The molecule has 0 aromatic heterocycles. The fourth-order valence-electron chi connectivity index (χ4n) is 1.53. The van der Waals surface area contributed by atoms with Crippen molar-refractivity contribution < 1.29 is 4.74 Å². The highest BCUT2D eigenvalue weighted by atomic mass is 16.5. The van der Waals surface area contributed by atoms with Gasteiger partial charge in [-0.15, -0.1) is 0 Å². The number of methoxy groups -OCH3 is 1. The van der Waals surface area contributed by atoms with Gasteiger partial charge in [0.2, 0.25) is 0 Å². The molecule has 0 radical (unpaired) electrons. The highest BCUT2D eigenvalue weighted by molar-refractivity contribution is 4.71. The first kappa shape index (κ1) is 8.02. The van der Waals surface area contributed by atoms with Crippen molar-refractivity contribution in [2.45, 2.75) is 44.2 Å². The summed E-state index contributed by atoms with van der Waals surface area (Å²) < 4.78 is 5.26. The summed E-state index contributed by atoms with van der Waals surface area (Å²) in [6.45, 7) is 0. The van der Waals surface area contributed by atoms with Crippen molar-refractivity contribution in [2.75, 3.05) is 7.11 Å². The van der Waals surface area contributed by atoms with Gasteiger partial charge in [0.05, 0.1) is 6.10 Å².